The lowest BCUT2D eigenvalue weighted by Gasteiger charge is -2.19. The van der Waals surface area contributed by atoms with E-state index in [1.165, 1.54) is 0 Å². The molecule has 2 atom stereocenters. The molecule has 2 rings (SSSR count). The maximum atomic E-state index is 13.3. The van der Waals surface area contributed by atoms with Crippen LogP contribution in [-0.4, -0.2) is 27.7 Å². The number of nitrogens with two attached hydrogens (primary N) is 1. The van der Waals surface area contributed by atoms with Gasteiger partial charge in [-0.05, 0) is 12.8 Å². The number of nitrogen functional groups attached to an aromatic ring is 1. The van der Waals surface area contributed by atoms with Crippen LogP contribution in [0.25, 0.3) is 0 Å². The molecule has 2 unspecified atom stereocenters. The van der Waals surface area contributed by atoms with Crippen molar-refractivity contribution in [2.45, 2.75) is 25.3 Å². The number of rotatable bonds is 3. The van der Waals surface area contributed by atoms with Crippen LogP contribution in [0.5, 0.6) is 0 Å². The van der Waals surface area contributed by atoms with Crippen molar-refractivity contribution in [1.29, 1.82) is 0 Å². The third kappa shape index (κ3) is 2.21. The van der Waals surface area contributed by atoms with Crippen LogP contribution in [0.15, 0.2) is 6.20 Å². The van der Waals surface area contributed by atoms with Crippen LogP contribution in [0.4, 0.5) is 16.2 Å². The molecule has 5 nitrogen and oxygen atoms in total. The molecule has 6 heteroatoms. The van der Waals surface area contributed by atoms with Crippen molar-refractivity contribution in [1.82, 2.24) is 9.97 Å². The van der Waals surface area contributed by atoms with Gasteiger partial charge in [0.25, 0.3) is 0 Å². The molecule has 88 valence electrons. The minimum Gasteiger partial charge on any atom is -0.396 e. The number of nitrogens with one attached hydrogen (secondary N) is 1. The molecule has 0 spiro atoms. The van der Waals surface area contributed by atoms with E-state index in [0.717, 1.165) is 25.5 Å². The summed E-state index contributed by atoms with van der Waals surface area (Å²) in [6.45, 7) is 0.111. The molecule has 0 aliphatic heterocycles. The van der Waals surface area contributed by atoms with Crippen LogP contribution in [-0.2, 0) is 0 Å². The summed E-state index contributed by atoms with van der Waals surface area (Å²) >= 11 is 0. The Morgan fingerprint density at radius 2 is 2.38 bits per heavy atom. The van der Waals surface area contributed by atoms with Gasteiger partial charge in [0.2, 0.25) is 5.95 Å². The molecule has 0 bridgehead atoms. The van der Waals surface area contributed by atoms with Gasteiger partial charge in [0.05, 0.1) is 6.20 Å². The Morgan fingerprint density at radius 3 is 3.12 bits per heavy atom. The molecule has 1 heterocycles. The molecule has 16 heavy (non-hydrogen) atoms. The minimum absolute atomic E-state index is 0.0439. The van der Waals surface area contributed by atoms with Crippen LogP contribution in [0, 0.1) is 11.7 Å². The Labute approximate surface area is 92.9 Å². The Morgan fingerprint density at radius 1 is 1.56 bits per heavy atom. The lowest BCUT2D eigenvalue weighted by molar-refractivity contribution is 0.222. The van der Waals surface area contributed by atoms with Gasteiger partial charge < -0.3 is 16.2 Å². The van der Waals surface area contributed by atoms with Crippen molar-refractivity contribution >= 4 is 11.8 Å². The van der Waals surface area contributed by atoms with Crippen molar-refractivity contribution in [3.63, 3.8) is 0 Å². The average molecular weight is 226 g/mol. The summed E-state index contributed by atoms with van der Waals surface area (Å²) in [5, 5.41) is 12.1. The predicted octanol–water partition coefficient (Wildman–Crippen LogP) is 0.771. The Balaban J connectivity index is 2.11. The number of aromatic nitrogens is 2. The van der Waals surface area contributed by atoms with E-state index in [9.17, 15) is 4.39 Å². The topological polar surface area (TPSA) is 84.1 Å². The Bertz CT molecular complexity index is 374. The second-order valence-corrected chi connectivity index (χ2v) is 4.05. The van der Waals surface area contributed by atoms with Gasteiger partial charge in [-0.15, -0.1) is 0 Å². The maximum absolute atomic E-state index is 13.3. The highest BCUT2D eigenvalue weighted by Crippen LogP contribution is 2.28. The lowest BCUT2D eigenvalue weighted by Crippen LogP contribution is -2.27. The molecule has 1 aliphatic carbocycles. The minimum atomic E-state index is -0.516. The highest BCUT2D eigenvalue weighted by Gasteiger charge is 2.27. The van der Waals surface area contributed by atoms with Crippen LogP contribution in [0.1, 0.15) is 19.3 Å². The first-order valence-electron chi connectivity index (χ1n) is 5.36. The summed E-state index contributed by atoms with van der Waals surface area (Å²) in [6, 6.07) is 0.0637. The van der Waals surface area contributed by atoms with Crippen molar-refractivity contribution in [3.8, 4) is 0 Å². The van der Waals surface area contributed by atoms with Crippen LogP contribution >= 0.6 is 0 Å². The molecule has 4 N–H and O–H groups in total. The number of hydrogen-bond donors (Lipinski definition) is 3. The summed E-state index contributed by atoms with van der Waals surface area (Å²) in [5.41, 5.74) is 5.39. The first-order chi connectivity index (χ1) is 7.70. The molecule has 1 aromatic heterocycles. The number of anilines is 2. The van der Waals surface area contributed by atoms with Gasteiger partial charge in [-0.2, -0.15) is 4.98 Å². The Kier molecular flexibility index (Phi) is 3.19. The highest BCUT2D eigenvalue weighted by molar-refractivity contribution is 5.40. The average Bonchev–Trinajstić information content (AvgIpc) is 2.71. The molecule has 0 amide bonds. The smallest absolute Gasteiger partial charge is 0.222 e. The van der Waals surface area contributed by atoms with E-state index in [-0.39, 0.29) is 30.3 Å². The number of nitrogens with zero attached hydrogens (tertiary/aromatic N) is 2. The monoisotopic (exact) mass is 226 g/mol. The van der Waals surface area contributed by atoms with Gasteiger partial charge in [0.1, 0.15) is 0 Å². The van der Waals surface area contributed by atoms with E-state index in [4.69, 9.17) is 10.8 Å². The van der Waals surface area contributed by atoms with Crippen molar-refractivity contribution in [3.05, 3.63) is 12.0 Å². The fraction of sp³-hybridized carbons (Fsp3) is 0.600. The van der Waals surface area contributed by atoms with E-state index < -0.39 is 5.82 Å². The standard InChI is InChI=1S/C10H15FN4O/c11-7-4-13-10(12)15-9(7)14-8-3-1-2-6(8)5-16/h4,6,8,16H,1-3,5H2,(H3,12,13,14,15). The first kappa shape index (κ1) is 11.1. The molecular formula is C10H15FN4O. The molecule has 1 aromatic rings. The fourth-order valence-electron chi connectivity index (χ4n) is 2.10. The molecule has 1 fully saturated rings. The van der Waals surface area contributed by atoms with Gasteiger partial charge in [-0.1, -0.05) is 6.42 Å². The summed E-state index contributed by atoms with van der Waals surface area (Å²) in [5.74, 6) is -0.186. The molecule has 0 radical (unpaired) electrons. The molecular weight excluding hydrogens is 211 g/mol. The van der Waals surface area contributed by atoms with Crippen molar-refractivity contribution < 1.29 is 9.50 Å². The number of halogens is 1. The molecule has 1 saturated carbocycles. The lowest BCUT2D eigenvalue weighted by atomic mass is 10.1. The predicted molar refractivity (Wildman–Crippen MR) is 58.2 cm³/mol. The normalized spacial score (nSPS) is 24.6. The van der Waals surface area contributed by atoms with Crippen molar-refractivity contribution in [2.24, 2.45) is 5.92 Å². The maximum Gasteiger partial charge on any atom is 0.222 e. The van der Waals surface area contributed by atoms with E-state index >= 15 is 0 Å². The van der Waals surface area contributed by atoms with Crippen LogP contribution < -0.4 is 11.1 Å². The summed E-state index contributed by atoms with van der Waals surface area (Å²) in [4.78, 5) is 7.36. The van der Waals surface area contributed by atoms with Crippen molar-refractivity contribution in [2.75, 3.05) is 17.7 Å². The molecule has 0 saturated heterocycles. The zero-order valence-corrected chi connectivity index (χ0v) is 8.86. The summed E-state index contributed by atoms with van der Waals surface area (Å²) < 4.78 is 13.3. The number of aliphatic hydroxyl groups excluding tert-OH is 1. The second-order valence-electron chi connectivity index (χ2n) is 4.05. The number of aliphatic hydroxyl groups is 1. The van der Waals surface area contributed by atoms with Crippen LogP contribution in [0.3, 0.4) is 0 Å². The van der Waals surface area contributed by atoms with Gasteiger partial charge in [-0.3, -0.25) is 0 Å². The van der Waals surface area contributed by atoms with Gasteiger partial charge >= 0.3 is 0 Å². The van der Waals surface area contributed by atoms with E-state index in [2.05, 4.69) is 15.3 Å². The van der Waals surface area contributed by atoms with E-state index in [1.54, 1.807) is 0 Å². The zero-order valence-electron chi connectivity index (χ0n) is 8.86. The molecule has 0 aromatic carbocycles. The Hall–Kier alpha value is -1.43. The third-order valence-electron chi connectivity index (χ3n) is 2.98. The van der Waals surface area contributed by atoms with Gasteiger partial charge in [0, 0.05) is 18.6 Å². The van der Waals surface area contributed by atoms with E-state index in [0.29, 0.717) is 0 Å². The third-order valence-corrected chi connectivity index (χ3v) is 2.98. The summed E-state index contributed by atoms with van der Waals surface area (Å²) in [6.07, 6.45) is 3.95. The largest absolute Gasteiger partial charge is 0.396 e. The van der Waals surface area contributed by atoms with Gasteiger partial charge in [0.15, 0.2) is 11.6 Å². The fourth-order valence-corrected chi connectivity index (χ4v) is 2.10. The SMILES string of the molecule is Nc1ncc(F)c(NC2CCCC2CO)n1. The van der Waals surface area contributed by atoms with Crippen LogP contribution in [0.2, 0.25) is 0 Å². The first-order valence-corrected chi connectivity index (χ1v) is 5.36. The quantitative estimate of drug-likeness (QED) is 0.709. The number of hydrogen-bond acceptors (Lipinski definition) is 5. The zero-order chi connectivity index (χ0) is 11.5. The second kappa shape index (κ2) is 4.61. The highest BCUT2D eigenvalue weighted by atomic mass is 19.1. The molecule has 1 aliphatic rings. The van der Waals surface area contributed by atoms with Gasteiger partial charge in [-0.25, -0.2) is 9.37 Å². The van der Waals surface area contributed by atoms with E-state index in [1.807, 2.05) is 0 Å². The summed E-state index contributed by atoms with van der Waals surface area (Å²) in [7, 11) is 0.